The van der Waals surface area contributed by atoms with Crippen LogP contribution in [0, 0.1) is 11.3 Å². The van der Waals surface area contributed by atoms with Crippen molar-refractivity contribution in [3.63, 3.8) is 0 Å². The van der Waals surface area contributed by atoms with Crippen LogP contribution < -0.4 is 10.0 Å². The Bertz CT molecular complexity index is 1030. The van der Waals surface area contributed by atoms with Gasteiger partial charge in [-0.05, 0) is 57.1 Å². The summed E-state index contributed by atoms with van der Waals surface area (Å²) < 4.78 is 61.9. The summed E-state index contributed by atoms with van der Waals surface area (Å²) in [6.45, 7) is 3.73. The number of hydrogen-bond donors (Lipinski definition) is 1. The molecule has 0 aromatic heterocycles. The maximum atomic E-state index is 13.3. The number of carbonyl (C=O) groups excluding carboxylic acids is 1. The Kier molecular flexibility index (Phi) is 7.91. The molecular weight excluding hydrogens is 465 g/mol. The number of benzene rings is 1. The highest BCUT2D eigenvalue weighted by molar-refractivity contribution is 7.89. The number of nitrogens with two attached hydrogens (primary N) is 1. The molecule has 1 aliphatic heterocycles. The van der Waals surface area contributed by atoms with Crippen LogP contribution in [0.15, 0.2) is 18.2 Å². The Morgan fingerprint density at radius 2 is 1.75 bits per heavy atom. The number of primary sulfonamides is 1. The summed E-state index contributed by atoms with van der Waals surface area (Å²) >= 11 is 5.43. The molecule has 1 aromatic carbocycles. The van der Waals surface area contributed by atoms with Gasteiger partial charge in [0, 0.05) is 6.54 Å². The number of carbonyl (C=O) groups is 1. The zero-order valence-electron chi connectivity index (χ0n) is 17.8. The van der Waals surface area contributed by atoms with E-state index in [4.69, 9.17) is 22.6 Å². The fourth-order valence-corrected chi connectivity index (χ4v) is 4.66. The third kappa shape index (κ3) is 5.96. The molecule has 1 fully saturated rings. The van der Waals surface area contributed by atoms with Gasteiger partial charge in [0.15, 0.2) is 5.11 Å². The predicted molar refractivity (Wildman–Crippen MR) is 118 cm³/mol. The van der Waals surface area contributed by atoms with Gasteiger partial charge in [-0.1, -0.05) is 19.3 Å². The van der Waals surface area contributed by atoms with Gasteiger partial charge >= 0.3 is 6.18 Å². The molecule has 1 aliphatic rings. The fourth-order valence-electron chi connectivity index (χ4n) is 3.55. The third-order valence-electron chi connectivity index (χ3n) is 5.32. The molecule has 0 unspecified atom stereocenters. The average molecular weight is 491 g/mol. The molecule has 1 saturated heterocycles. The highest BCUT2D eigenvalue weighted by atomic mass is 32.2. The van der Waals surface area contributed by atoms with Gasteiger partial charge in [0.05, 0.1) is 28.6 Å². The quantitative estimate of drug-likeness (QED) is 0.419. The third-order valence-corrected chi connectivity index (χ3v) is 6.58. The van der Waals surface area contributed by atoms with Crippen LogP contribution in [0.25, 0.3) is 0 Å². The Morgan fingerprint density at radius 3 is 2.31 bits per heavy atom. The molecule has 0 spiro atoms. The van der Waals surface area contributed by atoms with Crippen LogP contribution in [0.5, 0.6) is 0 Å². The summed E-state index contributed by atoms with van der Waals surface area (Å²) in [5.41, 5.74) is -2.73. The lowest BCUT2D eigenvalue weighted by atomic mass is 10.0. The minimum Gasteiger partial charge on any atom is -0.334 e. The van der Waals surface area contributed by atoms with Crippen molar-refractivity contribution in [3.05, 3.63) is 29.3 Å². The van der Waals surface area contributed by atoms with Gasteiger partial charge < -0.3 is 4.90 Å². The molecule has 176 valence electrons. The van der Waals surface area contributed by atoms with Gasteiger partial charge in [-0.3, -0.25) is 9.69 Å². The van der Waals surface area contributed by atoms with E-state index in [9.17, 15) is 26.4 Å². The van der Waals surface area contributed by atoms with E-state index in [-0.39, 0.29) is 16.6 Å². The molecule has 2 N–H and O–H groups in total. The van der Waals surface area contributed by atoms with E-state index in [1.807, 2.05) is 0 Å². The van der Waals surface area contributed by atoms with Crippen LogP contribution in [0.3, 0.4) is 0 Å². The second-order valence-electron chi connectivity index (χ2n) is 8.11. The number of nitrogens with zero attached hydrogens (tertiary/aromatic N) is 3. The summed E-state index contributed by atoms with van der Waals surface area (Å²) in [5.74, 6) is -0.516. The summed E-state index contributed by atoms with van der Waals surface area (Å²) in [5, 5.41) is 14.0. The number of halogens is 3. The lowest BCUT2D eigenvalue weighted by molar-refractivity contribution is -0.137. The first-order valence-corrected chi connectivity index (χ1v) is 12.1. The number of sulfonamides is 1. The molecule has 2 rings (SSSR count). The van der Waals surface area contributed by atoms with Crippen LogP contribution >= 0.6 is 12.2 Å². The van der Waals surface area contributed by atoms with Crippen molar-refractivity contribution in [2.24, 2.45) is 5.14 Å². The Balaban J connectivity index is 2.10. The maximum Gasteiger partial charge on any atom is 0.417 e. The molecular formula is C20H25F3N4O3S2. The first-order valence-electron chi connectivity index (χ1n) is 9.98. The molecule has 32 heavy (non-hydrogen) atoms. The van der Waals surface area contributed by atoms with Crippen LogP contribution in [0.1, 0.15) is 57.1 Å². The Labute approximate surface area is 191 Å². The number of rotatable bonds is 9. The van der Waals surface area contributed by atoms with Gasteiger partial charge in [-0.25, -0.2) is 13.6 Å². The van der Waals surface area contributed by atoms with Crippen molar-refractivity contribution in [3.8, 4) is 6.07 Å². The van der Waals surface area contributed by atoms with E-state index in [1.54, 1.807) is 18.7 Å². The topological polar surface area (TPSA) is 108 Å². The number of alkyl halides is 3. The molecule has 0 atom stereocenters. The molecule has 12 heteroatoms. The van der Waals surface area contributed by atoms with Crippen molar-refractivity contribution in [1.82, 2.24) is 4.90 Å². The summed E-state index contributed by atoms with van der Waals surface area (Å²) in [7, 11) is -3.46. The lowest BCUT2D eigenvalue weighted by Gasteiger charge is -2.29. The highest BCUT2D eigenvalue weighted by Crippen LogP contribution is 2.37. The van der Waals surface area contributed by atoms with E-state index in [2.05, 4.69) is 0 Å². The average Bonchev–Trinajstić information content (AvgIpc) is 2.84. The molecule has 0 saturated carbocycles. The van der Waals surface area contributed by atoms with Gasteiger partial charge in [-0.15, -0.1) is 0 Å². The highest BCUT2D eigenvalue weighted by Gasteiger charge is 2.49. The Morgan fingerprint density at radius 1 is 1.16 bits per heavy atom. The largest absolute Gasteiger partial charge is 0.417 e. The van der Waals surface area contributed by atoms with Gasteiger partial charge in [0.2, 0.25) is 10.0 Å². The fraction of sp³-hybridized carbons (Fsp3) is 0.550. The number of thiocarbonyl (C=S) groups is 1. The zero-order valence-corrected chi connectivity index (χ0v) is 19.4. The number of nitriles is 1. The van der Waals surface area contributed by atoms with Crippen molar-refractivity contribution >= 4 is 38.9 Å². The van der Waals surface area contributed by atoms with Crippen LogP contribution in [-0.2, 0) is 21.0 Å². The second kappa shape index (κ2) is 9.72. The molecule has 7 nitrogen and oxygen atoms in total. The van der Waals surface area contributed by atoms with E-state index in [0.717, 1.165) is 29.9 Å². The van der Waals surface area contributed by atoms with E-state index >= 15 is 0 Å². The zero-order chi connectivity index (χ0) is 24.3. The monoisotopic (exact) mass is 490 g/mol. The van der Waals surface area contributed by atoms with E-state index in [0.29, 0.717) is 25.8 Å². The van der Waals surface area contributed by atoms with Crippen molar-refractivity contribution in [1.29, 1.82) is 5.26 Å². The molecule has 0 radical (unpaired) electrons. The van der Waals surface area contributed by atoms with Gasteiger partial charge in [0.1, 0.15) is 5.54 Å². The SMILES string of the molecule is CC1(C)C(=O)N(c2ccc(C#N)c(C(F)(F)F)c2)C(=S)N1CCCCCCCS(N)(=O)=O. The number of amides is 1. The smallest absolute Gasteiger partial charge is 0.334 e. The first kappa shape index (κ1) is 26.0. The predicted octanol–water partition coefficient (Wildman–Crippen LogP) is 3.53. The normalized spacial score (nSPS) is 16.5. The molecule has 1 amide bonds. The molecule has 1 aromatic rings. The summed E-state index contributed by atoms with van der Waals surface area (Å²) in [6.07, 6.45) is -1.37. The molecule has 0 bridgehead atoms. The van der Waals surface area contributed by atoms with Crippen LogP contribution in [-0.4, -0.2) is 42.2 Å². The first-order chi connectivity index (χ1) is 14.7. The minimum absolute atomic E-state index is 0.0371. The van der Waals surface area contributed by atoms with Gasteiger partial charge in [0.25, 0.3) is 5.91 Å². The molecule has 0 aliphatic carbocycles. The number of anilines is 1. The second-order valence-corrected chi connectivity index (χ2v) is 10.2. The van der Waals surface area contributed by atoms with Crippen molar-refractivity contribution in [2.75, 3.05) is 17.2 Å². The number of unbranched alkanes of at least 4 members (excludes halogenated alkanes) is 4. The summed E-state index contributed by atoms with van der Waals surface area (Å²) in [4.78, 5) is 15.8. The van der Waals surface area contributed by atoms with Gasteiger partial charge in [-0.2, -0.15) is 18.4 Å². The van der Waals surface area contributed by atoms with E-state index in [1.165, 1.54) is 12.1 Å². The van der Waals surface area contributed by atoms with Crippen LogP contribution in [0.2, 0.25) is 0 Å². The Hall–Kier alpha value is -2.23. The molecule has 1 heterocycles. The van der Waals surface area contributed by atoms with Crippen molar-refractivity contribution in [2.45, 2.75) is 57.7 Å². The van der Waals surface area contributed by atoms with Crippen molar-refractivity contribution < 1.29 is 26.4 Å². The van der Waals surface area contributed by atoms with Crippen LogP contribution in [0.4, 0.5) is 18.9 Å². The standard InChI is InChI=1S/C20H25F3N4O3S2/c1-19(2)17(28)27(15-9-8-14(13-24)16(12-15)20(21,22)23)18(31)26(19)10-6-4-3-5-7-11-32(25,29)30/h8-9,12H,3-7,10-11H2,1-2H3,(H2,25,29,30). The number of hydrogen-bond acceptors (Lipinski definition) is 5. The minimum atomic E-state index is -4.75. The van der Waals surface area contributed by atoms with E-state index < -0.39 is 38.8 Å². The lowest BCUT2D eigenvalue weighted by Crippen LogP contribution is -2.44. The maximum absolute atomic E-state index is 13.3. The summed E-state index contributed by atoms with van der Waals surface area (Å²) in [6, 6.07) is 4.60.